The summed E-state index contributed by atoms with van der Waals surface area (Å²) in [6.45, 7) is 0. The number of aromatic amines is 1. The number of nitrogens with zero attached hydrogens (tertiary/aromatic N) is 4. The van der Waals surface area contributed by atoms with Crippen LogP contribution in [0.3, 0.4) is 0 Å². The van der Waals surface area contributed by atoms with Crippen LogP contribution in [0, 0.1) is 10.1 Å². The lowest BCUT2D eigenvalue weighted by Gasteiger charge is -2.02. The molecule has 0 saturated carbocycles. The highest BCUT2D eigenvalue weighted by molar-refractivity contribution is 7.99. The van der Waals surface area contributed by atoms with Gasteiger partial charge in [-0.15, -0.1) is 0 Å². The van der Waals surface area contributed by atoms with Gasteiger partial charge in [0.15, 0.2) is 10.2 Å². The lowest BCUT2D eigenvalue weighted by molar-refractivity contribution is -0.388. The molecular weight excluding hydrogens is 274 g/mol. The lowest BCUT2D eigenvalue weighted by atomic mass is 10.3. The molecule has 0 atom stereocenters. The quantitative estimate of drug-likeness (QED) is 0.501. The first kappa shape index (κ1) is 13.0. The van der Waals surface area contributed by atoms with Gasteiger partial charge >= 0.3 is 11.7 Å². The summed E-state index contributed by atoms with van der Waals surface area (Å²) in [6.07, 6.45) is 1.26. The van der Waals surface area contributed by atoms with E-state index >= 15 is 0 Å². The fraction of sp³-hybridized carbons (Fsp3) is 0.111. The topological polar surface area (TPSA) is 124 Å². The van der Waals surface area contributed by atoms with Crippen molar-refractivity contribution in [2.75, 3.05) is 7.11 Å². The van der Waals surface area contributed by atoms with Crippen LogP contribution in [0.15, 0.2) is 28.6 Å². The number of esters is 1. The fourth-order valence-corrected chi connectivity index (χ4v) is 1.97. The van der Waals surface area contributed by atoms with E-state index in [4.69, 9.17) is 0 Å². The summed E-state index contributed by atoms with van der Waals surface area (Å²) in [5.74, 6) is -0.672. The standard InChI is InChI=1S/C9H7N5O4S/c1-18-8(15)5-2-3-6(14(16)17)7(12-5)19-9-10-4-11-13-9/h2-4H,1H3,(H,10,11,13). The molecule has 1 N–H and O–H groups in total. The number of carbonyl (C=O) groups excluding carboxylic acids is 1. The molecule has 2 heterocycles. The van der Waals surface area contributed by atoms with Gasteiger partial charge in [0.05, 0.1) is 12.0 Å². The van der Waals surface area contributed by atoms with E-state index in [0.29, 0.717) is 5.16 Å². The zero-order valence-corrected chi connectivity index (χ0v) is 10.4. The Hall–Kier alpha value is -2.49. The van der Waals surface area contributed by atoms with Gasteiger partial charge in [0.2, 0.25) is 0 Å². The number of methoxy groups -OCH3 is 1. The summed E-state index contributed by atoms with van der Waals surface area (Å²) >= 11 is 0.902. The minimum Gasteiger partial charge on any atom is -0.464 e. The van der Waals surface area contributed by atoms with E-state index in [0.717, 1.165) is 11.8 Å². The maximum atomic E-state index is 11.3. The Kier molecular flexibility index (Phi) is 3.71. The second-order valence-corrected chi connectivity index (χ2v) is 4.14. The molecule has 98 valence electrons. The van der Waals surface area contributed by atoms with E-state index in [-0.39, 0.29) is 16.4 Å². The number of hydrogen-bond donors (Lipinski definition) is 1. The Morgan fingerprint density at radius 1 is 1.53 bits per heavy atom. The van der Waals surface area contributed by atoms with E-state index in [2.05, 4.69) is 24.9 Å². The number of hydrogen-bond acceptors (Lipinski definition) is 8. The third-order valence-electron chi connectivity index (χ3n) is 2.02. The van der Waals surface area contributed by atoms with Crippen LogP contribution in [0.5, 0.6) is 0 Å². The van der Waals surface area contributed by atoms with Crippen molar-refractivity contribution in [3.8, 4) is 0 Å². The summed E-state index contributed by atoms with van der Waals surface area (Å²) < 4.78 is 4.51. The zero-order chi connectivity index (χ0) is 13.8. The molecule has 0 aliphatic heterocycles. The second kappa shape index (κ2) is 5.44. The van der Waals surface area contributed by atoms with Gasteiger partial charge in [0.25, 0.3) is 0 Å². The van der Waals surface area contributed by atoms with Gasteiger partial charge in [-0.25, -0.2) is 14.8 Å². The van der Waals surface area contributed by atoms with Crippen LogP contribution in [0.4, 0.5) is 5.69 Å². The van der Waals surface area contributed by atoms with Crippen LogP contribution in [0.2, 0.25) is 0 Å². The average molecular weight is 281 g/mol. The molecule has 0 aliphatic carbocycles. The Morgan fingerprint density at radius 2 is 2.32 bits per heavy atom. The van der Waals surface area contributed by atoms with Crippen LogP contribution in [-0.2, 0) is 4.74 Å². The predicted octanol–water partition coefficient (Wildman–Crippen LogP) is 1.05. The van der Waals surface area contributed by atoms with Gasteiger partial charge in [-0.3, -0.25) is 15.2 Å². The van der Waals surface area contributed by atoms with E-state index in [9.17, 15) is 14.9 Å². The van der Waals surface area contributed by atoms with Crippen molar-refractivity contribution in [2.45, 2.75) is 10.2 Å². The van der Waals surface area contributed by atoms with Crippen molar-refractivity contribution in [1.29, 1.82) is 0 Å². The van der Waals surface area contributed by atoms with Gasteiger partial charge in [-0.05, 0) is 17.8 Å². The van der Waals surface area contributed by atoms with Gasteiger partial charge < -0.3 is 4.74 Å². The number of nitrogens with one attached hydrogen (secondary N) is 1. The fourth-order valence-electron chi connectivity index (χ4n) is 1.20. The number of rotatable bonds is 4. The molecule has 2 aromatic rings. The summed E-state index contributed by atoms with van der Waals surface area (Å²) in [5, 5.41) is 17.4. The first-order valence-electron chi connectivity index (χ1n) is 4.89. The smallest absolute Gasteiger partial charge is 0.356 e. The third kappa shape index (κ3) is 2.85. The highest BCUT2D eigenvalue weighted by Gasteiger charge is 2.20. The van der Waals surface area contributed by atoms with Crippen molar-refractivity contribution in [1.82, 2.24) is 20.2 Å². The van der Waals surface area contributed by atoms with E-state index < -0.39 is 10.9 Å². The number of nitro groups is 1. The molecule has 0 unspecified atom stereocenters. The zero-order valence-electron chi connectivity index (χ0n) is 9.56. The molecular formula is C9H7N5O4S. The van der Waals surface area contributed by atoms with Crippen LogP contribution in [0.25, 0.3) is 0 Å². The summed E-state index contributed by atoms with van der Waals surface area (Å²) in [5.41, 5.74) is -0.246. The third-order valence-corrected chi connectivity index (χ3v) is 2.90. The van der Waals surface area contributed by atoms with Gasteiger partial charge in [0, 0.05) is 6.07 Å². The first-order valence-corrected chi connectivity index (χ1v) is 5.70. The molecule has 0 fully saturated rings. The maximum Gasteiger partial charge on any atom is 0.356 e. The Bertz CT molecular complexity index is 615. The number of H-pyrrole nitrogens is 1. The van der Waals surface area contributed by atoms with Crippen molar-refractivity contribution in [3.63, 3.8) is 0 Å². The van der Waals surface area contributed by atoms with Crippen molar-refractivity contribution >= 4 is 23.4 Å². The normalized spacial score (nSPS) is 10.2. The molecule has 0 saturated heterocycles. The maximum absolute atomic E-state index is 11.3. The van der Waals surface area contributed by atoms with Crippen molar-refractivity contribution in [3.05, 3.63) is 34.3 Å². The van der Waals surface area contributed by atoms with Crippen LogP contribution in [0.1, 0.15) is 10.5 Å². The molecule has 9 nitrogen and oxygen atoms in total. The molecule has 0 aromatic carbocycles. The largest absolute Gasteiger partial charge is 0.464 e. The van der Waals surface area contributed by atoms with Crippen molar-refractivity contribution in [2.24, 2.45) is 0 Å². The molecule has 10 heteroatoms. The van der Waals surface area contributed by atoms with Crippen LogP contribution < -0.4 is 0 Å². The van der Waals surface area contributed by atoms with Gasteiger partial charge in [0.1, 0.15) is 12.0 Å². The molecule has 2 aromatic heterocycles. The molecule has 0 bridgehead atoms. The molecule has 0 spiro atoms. The second-order valence-electron chi connectivity index (χ2n) is 3.16. The summed E-state index contributed by atoms with van der Waals surface area (Å²) in [6, 6.07) is 2.42. The minimum absolute atomic E-state index is 0.0184. The molecule has 2 rings (SSSR count). The predicted molar refractivity (Wildman–Crippen MR) is 62.7 cm³/mol. The lowest BCUT2D eigenvalue weighted by Crippen LogP contribution is -2.06. The van der Waals surface area contributed by atoms with Crippen LogP contribution in [-0.4, -0.2) is 38.2 Å². The van der Waals surface area contributed by atoms with Crippen LogP contribution >= 0.6 is 11.8 Å². The molecule has 19 heavy (non-hydrogen) atoms. The number of pyridine rings is 1. The van der Waals surface area contributed by atoms with E-state index in [1.807, 2.05) is 0 Å². The monoisotopic (exact) mass is 281 g/mol. The first-order chi connectivity index (χ1) is 9.11. The van der Waals surface area contributed by atoms with Gasteiger partial charge in [-0.2, -0.15) is 5.10 Å². The number of aromatic nitrogens is 4. The summed E-state index contributed by atoms with van der Waals surface area (Å²) in [7, 11) is 1.20. The average Bonchev–Trinajstić information content (AvgIpc) is 2.90. The highest BCUT2D eigenvalue weighted by atomic mass is 32.2. The molecule has 0 aliphatic rings. The number of ether oxygens (including phenoxy) is 1. The Labute approximate surface area is 110 Å². The van der Waals surface area contributed by atoms with Crippen molar-refractivity contribution < 1.29 is 14.5 Å². The Balaban J connectivity index is 2.41. The summed E-state index contributed by atoms with van der Waals surface area (Å²) in [4.78, 5) is 29.4. The van der Waals surface area contributed by atoms with E-state index in [1.54, 1.807) is 0 Å². The molecule has 0 radical (unpaired) electrons. The minimum atomic E-state index is -0.672. The number of carbonyl (C=O) groups is 1. The van der Waals surface area contributed by atoms with E-state index in [1.165, 1.54) is 25.6 Å². The highest BCUT2D eigenvalue weighted by Crippen LogP contribution is 2.31. The molecule has 0 amide bonds. The SMILES string of the molecule is COC(=O)c1ccc([N+](=O)[O-])c(Sc2ncn[nH]2)n1. The Morgan fingerprint density at radius 3 is 2.89 bits per heavy atom. The van der Waals surface area contributed by atoms with Gasteiger partial charge in [-0.1, -0.05) is 0 Å².